The van der Waals surface area contributed by atoms with Crippen molar-refractivity contribution >= 4 is 11.6 Å². The fraction of sp³-hybridized carbons (Fsp3) is 0.176. The summed E-state index contributed by atoms with van der Waals surface area (Å²) in [6.07, 6.45) is 0.494. The number of anilines is 1. The highest BCUT2D eigenvalue weighted by Gasteiger charge is 2.15. The number of nitrogens with one attached hydrogen (secondary N) is 1. The van der Waals surface area contributed by atoms with Crippen molar-refractivity contribution < 1.29 is 18.1 Å². The lowest BCUT2D eigenvalue weighted by Crippen LogP contribution is -2.10. The number of rotatable bonds is 4. The van der Waals surface area contributed by atoms with Crippen LogP contribution in [-0.4, -0.2) is 11.1 Å². The zero-order valence-corrected chi connectivity index (χ0v) is 12.7. The quantitative estimate of drug-likeness (QED) is 0.794. The molecule has 0 aliphatic heterocycles. The highest BCUT2D eigenvalue weighted by Crippen LogP contribution is 2.20. The van der Waals surface area contributed by atoms with Crippen LogP contribution >= 0.6 is 0 Å². The molecule has 2 heterocycles. The predicted octanol–water partition coefficient (Wildman–Crippen LogP) is 3.87. The third-order valence-electron chi connectivity index (χ3n) is 3.50. The van der Waals surface area contributed by atoms with Gasteiger partial charge in [-0.3, -0.25) is 4.79 Å². The Labute approximate surface area is 132 Å². The summed E-state index contributed by atoms with van der Waals surface area (Å²) in [7, 11) is 0. The Bertz CT molecular complexity index is 832. The number of nitrogens with zero attached hydrogens (tertiary/aromatic N) is 1. The van der Waals surface area contributed by atoms with E-state index >= 15 is 0 Å². The largest absolute Gasteiger partial charge is 0.456 e. The Morgan fingerprint density at radius 3 is 2.78 bits per heavy atom. The van der Waals surface area contributed by atoms with E-state index in [0.29, 0.717) is 17.9 Å². The van der Waals surface area contributed by atoms with Crippen LogP contribution in [0.2, 0.25) is 0 Å². The average molecular weight is 314 g/mol. The number of aromatic nitrogens is 1. The molecule has 2 aromatic heterocycles. The second kappa shape index (κ2) is 6.08. The molecular formula is C17H15FN2O3. The van der Waals surface area contributed by atoms with Crippen molar-refractivity contribution in [3.8, 4) is 0 Å². The Balaban J connectivity index is 1.72. The summed E-state index contributed by atoms with van der Waals surface area (Å²) in [4.78, 5) is 12.1. The molecule has 0 fully saturated rings. The molecule has 0 aliphatic rings. The first-order valence-corrected chi connectivity index (χ1v) is 7.10. The summed E-state index contributed by atoms with van der Waals surface area (Å²) in [6, 6.07) is 9.00. The van der Waals surface area contributed by atoms with Crippen LogP contribution in [0.25, 0.3) is 0 Å². The first kappa shape index (κ1) is 15.0. The van der Waals surface area contributed by atoms with Crippen molar-refractivity contribution in [2.75, 3.05) is 5.32 Å². The van der Waals surface area contributed by atoms with Crippen LogP contribution in [0, 0.1) is 19.7 Å². The van der Waals surface area contributed by atoms with Gasteiger partial charge in [0, 0.05) is 17.7 Å². The average Bonchev–Trinajstić information content (AvgIpc) is 3.10. The van der Waals surface area contributed by atoms with E-state index in [1.165, 1.54) is 18.2 Å². The molecule has 0 bridgehead atoms. The van der Waals surface area contributed by atoms with E-state index in [9.17, 15) is 9.18 Å². The monoisotopic (exact) mass is 314 g/mol. The lowest BCUT2D eigenvalue weighted by Gasteiger charge is -2.03. The second-order valence-electron chi connectivity index (χ2n) is 5.21. The Morgan fingerprint density at radius 1 is 1.26 bits per heavy atom. The van der Waals surface area contributed by atoms with E-state index in [4.69, 9.17) is 8.94 Å². The normalized spacial score (nSPS) is 10.7. The number of halogens is 1. The van der Waals surface area contributed by atoms with Crippen LogP contribution in [-0.2, 0) is 6.42 Å². The smallest absolute Gasteiger partial charge is 0.291 e. The van der Waals surface area contributed by atoms with Gasteiger partial charge in [0.05, 0.1) is 5.69 Å². The topological polar surface area (TPSA) is 68.3 Å². The number of aryl methyl sites for hydroxylation is 2. The maximum Gasteiger partial charge on any atom is 0.291 e. The molecule has 0 aliphatic carbocycles. The minimum Gasteiger partial charge on any atom is -0.456 e. The Kier molecular flexibility index (Phi) is 3.97. The summed E-state index contributed by atoms with van der Waals surface area (Å²) in [5, 5.41) is 6.48. The van der Waals surface area contributed by atoms with Gasteiger partial charge in [-0.25, -0.2) is 4.39 Å². The number of carbonyl (C=O) groups excluding carboxylic acids is 1. The zero-order chi connectivity index (χ0) is 16.4. The maximum absolute atomic E-state index is 13.1. The van der Waals surface area contributed by atoms with Gasteiger partial charge in [0.25, 0.3) is 5.91 Å². The van der Waals surface area contributed by atoms with Crippen LogP contribution in [0.5, 0.6) is 0 Å². The predicted molar refractivity (Wildman–Crippen MR) is 81.8 cm³/mol. The van der Waals surface area contributed by atoms with E-state index in [-0.39, 0.29) is 5.76 Å². The summed E-state index contributed by atoms with van der Waals surface area (Å²) in [5.41, 5.74) is 2.11. The number of hydrogen-bond donors (Lipinski definition) is 1. The van der Waals surface area contributed by atoms with Crippen molar-refractivity contribution in [3.05, 3.63) is 70.8 Å². The minimum absolute atomic E-state index is 0.163. The van der Waals surface area contributed by atoms with Crippen molar-refractivity contribution in [1.82, 2.24) is 5.16 Å². The molecule has 23 heavy (non-hydrogen) atoms. The highest BCUT2D eigenvalue weighted by molar-refractivity contribution is 6.02. The lowest BCUT2D eigenvalue weighted by molar-refractivity contribution is 0.0995. The molecule has 0 saturated carbocycles. The SMILES string of the molecule is Cc1noc(C)c1Cc1ccc(C(=O)Nc2cccc(F)c2)o1. The van der Waals surface area contributed by atoms with Gasteiger partial charge in [-0.2, -0.15) is 0 Å². The summed E-state index contributed by atoms with van der Waals surface area (Å²) < 4.78 is 23.8. The fourth-order valence-electron chi connectivity index (χ4n) is 2.28. The molecule has 0 radical (unpaired) electrons. The van der Waals surface area contributed by atoms with Crippen molar-refractivity contribution in [2.24, 2.45) is 0 Å². The molecule has 0 spiro atoms. The zero-order valence-electron chi connectivity index (χ0n) is 12.7. The second-order valence-corrected chi connectivity index (χ2v) is 5.21. The van der Waals surface area contributed by atoms with Gasteiger partial charge >= 0.3 is 0 Å². The Hall–Kier alpha value is -2.89. The van der Waals surface area contributed by atoms with Crippen LogP contribution in [0.15, 0.2) is 45.3 Å². The van der Waals surface area contributed by atoms with E-state index in [1.807, 2.05) is 13.8 Å². The fourth-order valence-corrected chi connectivity index (χ4v) is 2.28. The van der Waals surface area contributed by atoms with Gasteiger partial charge < -0.3 is 14.3 Å². The molecule has 0 unspecified atom stereocenters. The van der Waals surface area contributed by atoms with Crippen LogP contribution in [0.4, 0.5) is 10.1 Å². The third kappa shape index (κ3) is 3.31. The molecular weight excluding hydrogens is 299 g/mol. The molecule has 6 heteroatoms. The number of benzene rings is 1. The number of amides is 1. The molecule has 3 rings (SSSR count). The van der Waals surface area contributed by atoms with Gasteiger partial charge in [-0.15, -0.1) is 0 Å². The molecule has 3 aromatic rings. The maximum atomic E-state index is 13.1. The molecule has 0 atom stereocenters. The lowest BCUT2D eigenvalue weighted by atomic mass is 10.1. The van der Waals surface area contributed by atoms with Crippen molar-refractivity contribution in [1.29, 1.82) is 0 Å². The van der Waals surface area contributed by atoms with Gasteiger partial charge in [-0.05, 0) is 44.2 Å². The van der Waals surface area contributed by atoms with Crippen molar-refractivity contribution in [2.45, 2.75) is 20.3 Å². The molecule has 118 valence electrons. The Morgan fingerprint density at radius 2 is 2.09 bits per heavy atom. The van der Waals surface area contributed by atoms with Gasteiger partial charge in [0.1, 0.15) is 17.3 Å². The molecule has 5 nitrogen and oxygen atoms in total. The van der Waals surface area contributed by atoms with Gasteiger partial charge in [0.15, 0.2) is 5.76 Å². The van der Waals surface area contributed by atoms with Crippen molar-refractivity contribution in [3.63, 3.8) is 0 Å². The van der Waals surface area contributed by atoms with Crippen LogP contribution < -0.4 is 5.32 Å². The number of furan rings is 1. The number of carbonyl (C=O) groups is 1. The molecule has 0 saturated heterocycles. The highest BCUT2D eigenvalue weighted by atomic mass is 19.1. The van der Waals surface area contributed by atoms with Gasteiger partial charge in [0.2, 0.25) is 0 Å². The minimum atomic E-state index is -0.430. The first-order valence-electron chi connectivity index (χ1n) is 7.10. The third-order valence-corrected chi connectivity index (χ3v) is 3.50. The van der Waals surface area contributed by atoms with E-state index in [2.05, 4.69) is 10.5 Å². The summed E-state index contributed by atoms with van der Waals surface area (Å²) in [5.74, 6) is 0.673. The molecule has 1 amide bonds. The van der Waals surface area contributed by atoms with Crippen LogP contribution in [0.3, 0.4) is 0 Å². The first-order chi connectivity index (χ1) is 11.0. The van der Waals surface area contributed by atoms with E-state index < -0.39 is 11.7 Å². The number of hydrogen-bond acceptors (Lipinski definition) is 4. The van der Waals surface area contributed by atoms with E-state index in [0.717, 1.165) is 17.0 Å². The van der Waals surface area contributed by atoms with Crippen LogP contribution in [0.1, 0.15) is 33.3 Å². The van der Waals surface area contributed by atoms with E-state index in [1.54, 1.807) is 18.2 Å². The summed E-state index contributed by atoms with van der Waals surface area (Å²) >= 11 is 0. The standard InChI is InChI=1S/C17H15FN2O3/c1-10-15(11(2)23-20-10)9-14-6-7-16(22-14)17(21)19-13-5-3-4-12(18)8-13/h3-8H,9H2,1-2H3,(H,19,21). The van der Waals surface area contributed by atoms with Gasteiger partial charge in [-0.1, -0.05) is 11.2 Å². The molecule has 1 aromatic carbocycles. The summed E-state index contributed by atoms with van der Waals surface area (Å²) in [6.45, 7) is 3.68. The molecule has 1 N–H and O–H groups in total.